The molecule has 0 aliphatic rings. The molecule has 0 bridgehead atoms. The Hall–Kier alpha value is -4.46. The lowest BCUT2D eigenvalue weighted by molar-refractivity contribution is -0.148. The maximum absolute atomic E-state index is 13.0. The predicted octanol–water partition coefficient (Wildman–Crippen LogP) is 9.95. The molecular weight excluding hydrogens is 642 g/mol. The molecule has 0 saturated heterocycles. The second-order valence-corrected chi connectivity index (χ2v) is 12.0. The highest BCUT2D eigenvalue weighted by atomic mass is 16.6. The maximum atomic E-state index is 13.0. The molecular formula is C43H61NO7. The molecule has 1 atom stereocenters. The average Bonchev–Trinajstić information content (AvgIpc) is 3.10. The van der Waals surface area contributed by atoms with Gasteiger partial charge in [-0.15, -0.1) is 0 Å². The number of nitrogens with one attached hydrogen (secondary N) is 1. The summed E-state index contributed by atoms with van der Waals surface area (Å²) < 4.78 is 16.4. The van der Waals surface area contributed by atoms with Crippen LogP contribution in [-0.2, 0) is 30.3 Å². The second kappa shape index (κ2) is 30.4. The Morgan fingerprint density at radius 1 is 0.627 bits per heavy atom. The van der Waals surface area contributed by atoms with E-state index in [1.807, 2.05) is 32.9 Å². The van der Waals surface area contributed by atoms with Crippen LogP contribution in [0.25, 0.3) is 0 Å². The van der Waals surface area contributed by atoms with Gasteiger partial charge in [0.2, 0.25) is 5.91 Å². The van der Waals surface area contributed by atoms with Gasteiger partial charge in [0.1, 0.15) is 6.04 Å². The summed E-state index contributed by atoms with van der Waals surface area (Å²) in [5.41, 5.74) is 0.610. The van der Waals surface area contributed by atoms with Gasteiger partial charge >= 0.3 is 17.9 Å². The number of unbranched alkanes of at least 4 members (excludes halogenated alkanes) is 1. The van der Waals surface area contributed by atoms with Crippen LogP contribution in [0, 0.1) is 0 Å². The number of allylic oxidation sites excluding steroid dienone is 12. The van der Waals surface area contributed by atoms with Crippen molar-refractivity contribution in [3.8, 4) is 11.5 Å². The summed E-state index contributed by atoms with van der Waals surface area (Å²) in [7, 11) is 0. The molecule has 1 unspecified atom stereocenters. The van der Waals surface area contributed by atoms with Crippen molar-refractivity contribution in [1.29, 1.82) is 0 Å². The fourth-order valence-electron chi connectivity index (χ4n) is 4.57. The van der Waals surface area contributed by atoms with Gasteiger partial charge in [-0.1, -0.05) is 113 Å². The summed E-state index contributed by atoms with van der Waals surface area (Å²) in [6.45, 7) is 8.12. The monoisotopic (exact) mass is 703 g/mol. The number of esters is 3. The second-order valence-electron chi connectivity index (χ2n) is 12.0. The molecule has 0 radical (unpaired) electrons. The molecule has 0 aliphatic carbocycles. The summed E-state index contributed by atoms with van der Waals surface area (Å²) >= 11 is 0. The van der Waals surface area contributed by atoms with Gasteiger partial charge in [0.25, 0.3) is 0 Å². The van der Waals surface area contributed by atoms with E-state index in [1.54, 1.807) is 18.2 Å². The summed E-state index contributed by atoms with van der Waals surface area (Å²) in [5.74, 6) is -1.47. The molecule has 1 aromatic carbocycles. The Morgan fingerprint density at radius 2 is 1.14 bits per heavy atom. The Bertz CT molecular complexity index is 1340. The minimum absolute atomic E-state index is 0.0949. The Kier molecular flexibility index (Phi) is 26.5. The van der Waals surface area contributed by atoms with Crippen LogP contribution in [0.3, 0.4) is 0 Å². The van der Waals surface area contributed by atoms with Crippen molar-refractivity contribution in [2.24, 2.45) is 0 Å². The molecule has 8 heteroatoms. The van der Waals surface area contributed by atoms with Gasteiger partial charge in [-0.3, -0.25) is 14.4 Å². The minimum Gasteiger partial charge on any atom is -0.464 e. The highest BCUT2D eigenvalue weighted by Gasteiger charge is 2.24. The quantitative estimate of drug-likeness (QED) is 0.0421. The van der Waals surface area contributed by atoms with Crippen molar-refractivity contribution in [2.45, 2.75) is 130 Å². The first-order valence-corrected chi connectivity index (χ1v) is 18.7. The fourth-order valence-corrected chi connectivity index (χ4v) is 4.57. The maximum Gasteiger partial charge on any atom is 0.328 e. The van der Waals surface area contributed by atoms with Crippen molar-refractivity contribution in [2.75, 3.05) is 6.61 Å². The van der Waals surface area contributed by atoms with E-state index in [9.17, 15) is 19.2 Å². The van der Waals surface area contributed by atoms with Crippen molar-refractivity contribution in [1.82, 2.24) is 5.32 Å². The smallest absolute Gasteiger partial charge is 0.328 e. The molecule has 0 aliphatic heterocycles. The van der Waals surface area contributed by atoms with Crippen LogP contribution in [0.5, 0.6) is 11.5 Å². The molecule has 1 rings (SSSR count). The highest BCUT2D eigenvalue weighted by Crippen LogP contribution is 2.30. The predicted molar refractivity (Wildman–Crippen MR) is 206 cm³/mol. The van der Waals surface area contributed by atoms with Crippen LogP contribution in [-0.4, -0.2) is 36.5 Å². The Labute approximate surface area is 306 Å². The zero-order chi connectivity index (χ0) is 37.4. The van der Waals surface area contributed by atoms with Crippen LogP contribution in [0.4, 0.5) is 0 Å². The van der Waals surface area contributed by atoms with Crippen LogP contribution < -0.4 is 14.8 Å². The number of carbonyl (C=O) groups is 4. The molecule has 51 heavy (non-hydrogen) atoms. The first-order valence-electron chi connectivity index (χ1n) is 18.7. The number of amides is 1. The number of carbonyl (C=O) groups excluding carboxylic acids is 4. The van der Waals surface area contributed by atoms with Crippen molar-refractivity contribution >= 4 is 23.8 Å². The molecule has 0 fully saturated rings. The van der Waals surface area contributed by atoms with Crippen LogP contribution >= 0.6 is 0 Å². The largest absolute Gasteiger partial charge is 0.464 e. The van der Waals surface area contributed by atoms with E-state index in [0.717, 1.165) is 44.9 Å². The average molecular weight is 704 g/mol. The van der Waals surface area contributed by atoms with E-state index >= 15 is 0 Å². The lowest BCUT2D eigenvalue weighted by Crippen LogP contribution is -2.43. The van der Waals surface area contributed by atoms with Crippen LogP contribution in [0.1, 0.15) is 123 Å². The molecule has 0 saturated carbocycles. The van der Waals surface area contributed by atoms with Gasteiger partial charge < -0.3 is 19.5 Å². The molecule has 8 nitrogen and oxygen atoms in total. The van der Waals surface area contributed by atoms with Crippen molar-refractivity contribution in [3.63, 3.8) is 0 Å². The van der Waals surface area contributed by atoms with Gasteiger partial charge in [-0.25, -0.2) is 4.79 Å². The van der Waals surface area contributed by atoms with Gasteiger partial charge in [-0.2, -0.15) is 0 Å². The molecule has 280 valence electrons. The van der Waals surface area contributed by atoms with Crippen LogP contribution in [0.15, 0.2) is 91.1 Å². The van der Waals surface area contributed by atoms with E-state index in [1.165, 1.54) is 0 Å². The molecule has 0 aromatic heterocycles. The standard InChI is InChI=1S/C43H61NO7/c1-5-9-11-12-13-14-15-16-17-18-19-20-21-22-23-24-25-26-27-30-40(45)44-37(43(48)49-33-10-6-2)34-36-31-32-38(50-41(46)28-7-3)39(35-36)51-42(47)29-8-4/h9,11,13-14,16-17,19-20,22-23,25-26,31-32,35,37H,5-8,10,12,15,18,21,24,27-30,33-34H2,1-4H3,(H,44,45)/b11-9-,14-13-,17-16-,20-19-,23-22-,26-25-. The lowest BCUT2D eigenvalue weighted by Gasteiger charge is -2.19. The number of benzene rings is 1. The summed E-state index contributed by atoms with van der Waals surface area (Å²) in [6.07, 6.45) is 35.3. The fraction of sp³-hybridized carbons (Fsp3) is 0.488. The Balaban J connectivity index is 2.66. The van der Waals surface area contributed by atoms with E-state index in [4.69, 9.17) is 14.2 Å². The lowest BCUT2D eigenvalue weighted by atomic mass is 10.0. The van der Waals surface area contributed by atoms with Crippen molar-refractivity contribution < 1.29 is 33.4 Å². The van der Waals surface area contributed by atoms with E-state index in [-0.39, 0.29) is 49.7 Å². The van der Waals surface area contributed by atoms with Gasteiger partial charge in [-0.05, 0) is 81.9 Å². The Morgan fingerprint density at radius 3 is 1.65 bits per heavy atom. The number of hydrogen-bond acceptors (Lipinski definition) is 7. The summed E-state index contributed by atoms with van der Waals surface area (Å²) in [5, 5.41) is 2.82. The van der Waals surface area contributed by atoms with Gasteiger partial charge in [0.05, 0.1) is 6.61 Å². The van der Waals surface area contributed by atoms with E-state index < -0.39 is 23.9 Å². The third-order valence-corrected chi connectivity index (χ3v) is 7.30. The highest BCUT2D eigenvalue weighted by molar-refractivity contribution is 5.85. The summed E-state index contributed by atoms with van der Waals surface area (Å²) in [6, 6.07) is 3.85. The van der Waals surface area contributed by atoms with E-state index in [0.29, 0.717) is 31.2 Å². The molecule has 1 amide bonds. The molecule has 1 N–H and O–H groups in total. The molecule has 0 heterocycles. The van der Waals surface area contributed by atoms with Gasteiger partial charge in [0, 0.05) is 25.7 Å². The first kappa shape index (κ1) is 44.6. The van der Waals surface area contributed by atoms with Crippen molar-refractivity contribution in [3.05, 3.63) is 96.7 Å². The minimum atomic E-state index is -0.938. The molecule has 0 spiro atoms. The third-order valence-electron chi connectivity index (χ3n) is 7.30. The number of ether oxygens (including phenoxy) is 3. The van der Waals surface area contributed by atoms with Crippen LogP contribution in [0.2, 0.25) is 0 Å². The SMILES string of the molecule is CC/C=C\C/C=C\C/C=C\C/C=C\C/C=C\C/C=C\CCC(=O)NC(Cc1ccc(OC(=O)CCC)c(OC(=O)CCC)c1)C(=O)OCCCC. The topological polar surface area (TPSA) is 108 Å². The van der Waals surface area contributed by atoms with E-state index in [2.05, 4.69) is 73.0 Å². The first-order chi connectivity index (χ1) is 24.8. The zero-order valence-electron chi connectivity index (χ0n) is 31.4. The molecule has 1 aromatic rings. The number of hydrogen-bond donors (Lipinski definition) is 1. The normalized spacial score (nSPS) is 12.5. The zero-order valence-corrected chi connectivity index (χ0v) is 31.4. The number of rotatable bonds is 27. The third kappa shape index (κ3) is 23.6. The van der Waals surface area contributed by atoms with Gasteiger partial charge in [0.15, 0.2) is 11.5 Å². The summed E-state index contributed by atoms with van der Waals surface area (Å²) in [4.78, 5) is 50.4.